The lowest BCUT2D eigenvalue weighted by Crippen LogP contribution is -2.49. The zero-order valence-electron chi connectivity index (χ0n) is 17.4. The zero-order valence-corrected chi connectivity index (χ0v) is 19.0. The maximum Gasteiger partial charge on any atom is 0.364 e. The number of anilines is 1. The van der Waals surface area contributed by atoms with Crippen LogP contribution in [0.1, 0.15) is 16.1 Å². The van der Waals surface area contributed by atoms with Crippen molar-refractivity contribution in [1.29, 1.82) is 0 Å². The van der Waals surface area contributed by atoms with Crippen molar-refractivity contribution in [3.8, 4) is 17.0 Å². The first kappa shape index (κ1) is 21.8. The summed E-state index contributed by atoms with van der Waals surface area (Å²) < 4.78 is 11.2. The van der Waals surface area contributed by atoms with Gasteiger partial charge in [-0.05, 0) is 35.0 Å². The summed E-state index contributed by atoms with van der Waals surface area (Å²) in [5.74, 6) is 0.669. The van der Waals surface area contributed by atoms with Crippen LogP contribution in [0, 0.1) is 17.0 Å². The van der Waals surface area contributed by atoms with E-state index in [2.05, 4.69) is 26.1 Å². The largest absolute Gasteiger partial charge is 0.496 e. The number of ether oxygens (including phenoxy) is 1. The van der Waals surface area contributed by atoms with Gasteiger partial charge in [-0.15, -0.1) is 0 Å². The minimum absolute atomic E-state index is 0.162. The number of pyridine rings is 1. The number of aryl methyl sites for hydroxylation is 1. The number of para-hydroxylation sites is 1. The molecule has 32 heavy (non-hydrogen) atoms. The molecular formula is C21H20BrN5O5. The molecule has 1 fully saturated rings. The Morgan fingerprint density at radius 1 is 1.19 bits per heavy atom. The highest BCUT2D eigenvalue weighted by Crippen LogP contribution is 2.34. The maximum absolute atomic E-state index is 13.4. The van der Waals surface area contributed by atoms with E-state index >= 15 is 0 Å². The summed E-state index contributed by atoms with van der Waals surface area (Å²) in [5, 5.41) is 15.0. The first-order valence-corrected chi connectivity index (χ1v) is 10.6. The third kappa shape index (κ3) is 4.03. The van der Waals surface area contributed by atoms with Crippen molar-refractivity contribution in [2.24, 2.45) is 0 Å². The van der Waals surface area contributed by atoms with Crippen molar-refractivity contribution in [2.75, 3.05) is 38.2 Å². The van der Waals surface area contributed by atoms with Crippen LogP contribution in [0.3, 0.4) is 0 Å². The Labute approximate surface area is 192 Å². The maximum atomic E-state index is 13.4. The molecule has 1 saturated heterocycles. The van der Waals surface area contributed by atoms with E-state index < -0.39 is 4.92 Å². The Hall–Kier alpha value is -3.47. The van der Waals surface area contributed by atoms with Gasteiger partial charge in [0, 0.05) is 53.7 Å². The number of methoxy groups -OCH3 is 1. The average molecular weight is 502 g/mol. The highest BCUT2D eigenvalue weighted by Gasteiger charge is 2.30. The van der Waals surface area contributed by atoms with Gasteiger partial charge < -0.3 is 29.2 Å². The molecule has 4 rings (SSSR count). The van der Waals surface area contributed by atoms with Gasteiger partial charge in [0.1, 0.15) is 22.8 Å². The Bertz CT molecular complexity index is 1170. The van der Waals surface area contributed by atoms with E-state index in [4.69, 9.17) is 9.26 Å². The predicted octanol–water partition coefficient (Wildman–Crippen LogP) is 3.69. The topological polar surface area (TPSA) is 115 Å². The van der Waals surface area contributed by atoms with E-state index in [1.807, 2.05) is 29.2 Å². The number of hydrogen-bond acceptors (Lipinski definition) is 8. The lowest BCUT2D eigenvalue weighted by Gasteiger charge is -2.35. The molecule has 0 unspecified atom stereocenters. The van der Waals surface area contributed by atoms with E-state index in [1.54, 1.807) is 25.0 Å². The second kappa shape index (κ2) is 8.95. The van der Waals surface area contributed by atoms with Crippen LogP contribution in [0.15, 0.2) is 45.5 Å². The van der Waals surface area contributed by atoms with Gasteiger partial charge in [-0.2, -0.15) is 0 Å². The van der Waals surface area contributed by atoms with E-state index in [0.29, 0.717) is 59.1 Å². The SMILES string of the molecule is COc1ccccc1-c1noc(C)c1C(=O)N1CCN(c2ccc([N+](=O)[O-])nc2Br)CC1. The molecule has 0 spiro atoms. The summed E-state index contributed by atoms with van der Waals surface area (Å²) in [6, 6.07) is 10.4. The first-order valence-electron chi connectivity index (χ1n) is 9.85. The third-order valence-corrected chi connectivity index (χ3v) is 5.93. The Kier molecular flexibility index (Phi) is 6.08. The van der Waals surface area contributed by atoms with Crippen LogP contribution < -0.4 is 9.64 Å². The molecule has 0 N–H and O–H groups in total. The second-order valence-corrected chi connectivity index (χ2v) is 7.93. The van der Waals surface area contributed by atoms with Crippen LogP contribution in [0.5, 0.6) is 5.75 Å². The Morgan fingerprint density at radius 2 is 1.91 bits per heavy atom. The Morgan fingerprint density at radius 3 is 2.56 bits per heavy atom. The lowest BCUT2D eigenvalue weighted by molar-refractivity contribution is -0.389. The predicted molar refractivity (Wildman–Crippen MR) is 120 cm³/mol. The molecule has 1 aliphatic rings. The quantitative estimate of drug-likeness (QED) is 0.295. The Balaban J connectivity index is 1.53. The smallest absolute Gasteiger partial charge is 0.364 e. The lowest BCUT2D eigenvalue weighted by atomic mass is 10.0. The number of carbonyl (C=O) groups excluding carboxylic acids is 1. The van der Waals surface area contributed by atoms with Gasteiger partial charge in [0.05, 0.1) is 12.8 Å². The molecule has 1 aromatic carbocycles. The summed E-state index contributed by atoms with van der Waals surface area (Å²) in [4.78, 5) is 31.5. The molecule has 0 saturated carbocycles. The van der Waals surface area contributed by atoms with Gasteiger partial charge in [0.15, 0.2) is 0 Å². The number of carbonyl (C=O) groups is 1. The van der Waals surface area contributed by atoms with Crippen molar-refractivity contribution in [1.82, 2.24) is 15.0 Å². The molecule has 2 aromatic heterocycles. The van der Waals surface area contributed by atoms with E-state index in [9.17, 15) is 14.9 Å². The molecule has 1 amide bonds. The third-order valence-electron chi connectivity index (χ3n) is 5.35. The zero-order chi connectivity index (χ0) is 22.8. The van der Waals surface area contributed by atoms with E-state index in [-0.39, 0.29) is 11.7 Å². The van der Waals surface area contributed by atoms with Crippen LogP contribution in [0.4, 0.5) is 11.5 Å². The van der Waals surface area contributed by atoms with Gasteiger partial charge >= 0.3 is 5.82 Å². The summed E-state index contributed by atoms with van der Waals surface area (Å²) >= 11 is 3.31. The van der Waals surface area contributed by atoms with E-state index in [1.165, 1.54) is 6.07 Å². The van der Waals surface area contributed by atoms with Gasteiger partial charge in [-0.25, -0.2) is 0 Å². The van der Waals surface area contributed by atoms with Gasteiger partial charge in [-0.1, -0.05) is 17.3 Å². The standard InChI is InChI=1S/C21H20BrN5O5/c1-13-18(19(24-32-13)14-5-3-4-6-16(14)31-2)21(28)26-11-9-25(10-12-26)15-7-8-17(27(29)30)23-20(15)22/h3-8H,9-12H2,1-2H3. The fraction of sp³-hybridized carbons (Fsp3) is 0.286. The van der Waals surface area contributed by atoms with Crippen molar-refractivity contribution < 1.29 is 19.0 Å². The van der Waals surface area contributed by atoms with Gasteiger partial charge in [-0.3, -0.25) is 4.79 Å². The number of piperazine rings is 1. The second-order valence-electron chi connectivity index (χ2n) is 7.18. The fourth-order valence-electron chi connectivity index (χ4n) is 3.71. The van der Waals surface area contributed by atoms with Crippen LogP contribution in [-0.2, 0) is 0 Å². The molecule has 1 aliphatic heterocycles. The van der Waals surface area contributed by atoms with Crippen molar-refractivity contribution >= 4 is 33.3 Å². The summed E-state index contributed by atoms with van der Waals surface area (Å²) in [6.07, 6.45) is 0. The monoisotopic (exact) mass is 501 g/mol. The van der Waals surface area contributed by atoms with Crippen molar-refractivity contribution in [3.05, 3.63) is 62.4 Å². The number of aromatic nitrogens is 2. The molecule has 0 atom stereocenters. The molecule has 3 aromatic rings. The van der Waals surface area contributed by atoms with Crippen LogP contribution in [0.25, 0.3) is 11.3 Å². The number of benzene rings is 1. The molecule has 10 nitrogen and oxygen atoms in total. The van der Waals surface area contributed by atoms with Crippen molar-refractivity contribution in [3.63, 3.8) is 0 Å². The summed E-state index contributed by atoms with van der Waals surface area (Å²) in [6.45, 7) is 3.77. The first-order chi connectivity index (χ1) is 15.4. The molecule has 0 radical (unpaired) electrons. The molecular weight excluding hydrogens is 482 g/mol. The van der Waals surface area contributed by atoms with Crippen LogP contribution >= 0.6 is 15.9 Å². The molecule has 166 valence electrons. The molecule has 0 bridgehead atoms. The highest BCUT2D eigenvalue weighted by molar-refractivity contribution is 9.10. The number of amides is 1. The number of nitrogens with zero attached hydrogens (tertiary/aromatic N) is 5. The normalized spacial score (nSPS) is 13.8. The minimum Gasteiger partial charge on any atom is -0.496 e. The molecule has 3 heterocycles. The van der Waals surface area contributed by atoms with Crippen molar-refractivity contribution in [2.45, 2.75) is 6.92 Å². The van der Waals surface area contributed by atoms with Gasteiger partial charge in [0.25, 0.3) is 5.91 Å². The number of nitro groups is 1. The highest BCUT2D eigenvalue weighted by atomic mass is 79.9. The number of hydrogen-bond donors (Lipinski definition) is 0. The van der Waals surface area contributed by atoms with E-state index in [0.717, 1.165) is 5.69 Å². The average Bonchev–Trinajstić information content (AvgIpc) is 3.19. The summed E-state index contributed by atoms with van der Waals surface area (Å²) in [5.41, 5.74) is 2.31. The number of rotatable bonds is 5. The van der Waals surface area contributed by atoms with Crippen LogP contribution in [-0.4, -0.2) is 59.2 Å². The van der Waals surface area contributed by atoms with Crippen LogP contribution in [0.2, 0.25) is 0 Å². The minimum atomic E-state index is -0.536. The molecule has 11 heteroatoms. The number of halogens is 1. The fourth-order valence-corrected chi connectivity index (χ4v) is 4.28. The molecule has 0 aliphatic carbocycles. The summed E-state index contributed by atoms with van der Waals surface area (Å²) in [7, 11) is 1.57. The van der Waals surface area contributed by atoms with Gasteiger partial charge in [0.2, 0.25) is 4.60 Å².